The fourth-order valence-corrected chi connectivity index (χ4v) is 4.42. The lowest BCUT2D eigenvalue weighted by molar-refractivity contribution is -0.193. The number of carboxylic acid groups (broad SMARTS) is 2. The number of alkyl halides is 6. The van der Waals surface area contributed by atoms with Gasteiger partial charge in [-0.1, -0.05) is 12.1 Å². The second-order valence-electron chi connectivity index (χ2n) is 9.55. The van der Waals surface area contributed by atoms with Gasteiger partial charge in [0, 0.05) is 32.2 Å². The Kier molecular flexibility index (Phi) is 10.7. The second kappa shape index (κ2) is 13.1. The largest absolute Gasteiger partial charge is 0.490 e. The molecule has 1 saturated carbocycles. The van der Waals surface area contributed by atoms with Crippen LogP contribution in [0.2, 0.25) is 0 Å². The van der Waals surface area contributed by atoms with Crippen molar-refractivity contribution in [3.05, 3.63) is 35.4 Å². The molecular weight excluding hydrogens is 538 g/mol. The smallest absolute Gasteiger partial charge is 0.475 e. The third-order valence-corrected chi connectivity index (χ3v) is 6.53. The predicted molar refractivity (Wildman–Crippen MR) is 123 cm³/mol. The molecule has 1 aromatic rings. The first-order chi connectivity index (χ1) is 18.0. The molecule has 4 rings (SSSR count). The molecule has 1 amide bonds. The van der Waals surface area contributed by atoms with E-state index >= 15 is 0 Å². The van der Waals surface area contributed by atoms with Crippen molar-refractivity contribution >= 4 is 17.8 Å². The number of fused-ring (bicyclic) bond motifs is 1. The number of likely N-dealkylation sites (tertiary alicyclic amines) is 2. The van der Waals surface area contributed by atoms with Crippen LogP contribution in [0.15, 0.2) is 24.3 Å². The van der Waals surface area contributed by atoms with Crippen LogP contribution in [0.1, 0.15) is 30.4 Å². The summed E-state index contributed by atoms with van der Waals surface area (Å²) in [5.41, 5.74) is 1.92. The van der Waals surface area contributed by atoms with Gasteiger partial charge in [-0.15, -0.1) is 0 Å². The number of aliphatic carboxylic acids is 2. The lowest BCUT2D eigenvalue weighted by atomic mass is 10.0. The molecule has 0 bridgehead atoms. The number of rotatable bonds is 5. The summed E-state index contributed by atoms with van der Waals surface area (Å²) in [6.45, 7) is 3.79. The van der Waals surface area contributed by atoms with Gasteiger partial charge in [-0.2, -0.15) is 31.6 Å². The molecule has 2 saturated heterocycles. The van der Waals surface area contributed by atoms with Gasteiger partial charge >= 0.3 is 24.3 Å². The maximum Gasteiger partial charge on any atom is 0.490 e. The van der Waals surface area contributed by atoms with E-state index in [9.17, 15) is 31.1 Å². The van der Waals surface area contributed by atoms with Crippen LogP contribution in [0.25, 0.3) is 0 Å². The van der Waals surface area contributed by atoms with Crippen LogP contribution in [-0.2, 0) is 20.9 Å². The molecule has 216 valence electrons. The fraction of sp³-hybridized carbons (Fsp3) is 0.583. The first kappa shape index (κ1) is 31.8. The number of halogens is 6. The van der Waals surface area contributed by atoms with E-state index < -0.39 is 24.3 Å². The quantitative estimate of drug-likeness (QED) is 0.464. The molecule has 3 aliphatic rings. The van der Waals surface area contributed by atoms with E-state index in [1.54, 1.807) is 0 Å². The number of amides is 1. The molecule has 2 aliphatic heterocycles. The molecule has 0 unspecified atom stereocenters. The van der Waals surface area contributed by atoms with E-state index in [-0.39, 0.29) is 11.9 Å². The number of likely N-dealkylation sites (N-methyl/N-ethyl adjacent to an activating group) is 1. The van der Waals surface area contributed by atoms with Gasteiger partial charge in [0.05, 0.1) is 17.7 Å². The highest BCUT2D eigenvalue weighted by Gasteiger charge is 2.47. The average Bonchev–Trinajstić information content (AvgIpc) is 3.51. The number of nitriles is 1. The lowest BCUT2D eigenvalue weighted by Crippen LogP contribution is -2.46. The van der Waals surface area contributed by atoms with Gasteiger partial charge < -0.3 is 15.5 Å². The fourth-order valence-electron chi connectivity index (χ4n) is 4.42. The molecule has 1 aliphatic carbocycles. The number of carbonyl (C=O) groups is 3. The summed E-state index contributed by atoms with van der Waals surface area (Å²) in [4.78, 5) is 35.0. The molecule has 3 N–H and O–H groups in total. The predicted octanol–water partition coefficient (Wildman–Crippen LogP) is 2.86. The Morgan fingerprint density at radius 3 is 2.08 bits per heavy atom. The van der Waals surface area contributed by atoms with Crippen molar-refractivity contribution in [2.45, 2.75) is 50.2 Å². The van der Waals surface area contributed by atoms with Gasteiger partial charge in [0.15, 0.2) is 0 Å². The van der Waals surface area contributed by atoms with Gasteiger partial charge in [-0.05, 0) is 55.8 Å². The van der Waals surface area contributed by atoms with E-state index in [1.165, 1.54) is 18.4 Å². The van der Waals surface area contributed by atoms with Crippen molar-refractivity contribution in [1.82, 2.24) is 15.1 Å². The molecular formula is C24H28F6N4O5. The molecule has 3 fully saturated rings. The molecule has 0 aromatic heterocycles. The molecule has 2 heterocycles. The van der Waals surface area contributed by atoms with Crippen LogP contribution in [0.5, 0.6) is 0 Å². The second-order valence-corrected chi connectivity index (χ2v) is 9.55. The van der Waals surface area contributed by atoms with Crippen LogP contribution in [0.4, 0.5) is 26.3 Å². The molecule has 1 aromatic carbocycles. The van der Waals surface area contributed by atoms with Gasteiger partial charge in [-0.25, -0.2) is 9.59 Å². The molecule has 0 spiro atoms. The lowest BCUT2D eigenvalue weighted by Gasteiger charge is -2.26. The Labute approximate surface area is 220 Å². The van der Waals surface area contributed by atoms with Gasteiger partial charge in [0.25, 0.3) is 0 Å². The van der Waals surface area contributed by atoms with Gasteiger partial charge in [0.2, 0.25) is 5.91 Å². The van der Waals surface area contributed by atoms with Crippen molar-refractivity contribution in [1.29, 1.82) is 5.26 Å². The standard InChI is InChI=1S/C20H26N4O.2C2HF3O2/c1-23-18(20(25)22-10-14-5-6-14)8-17-12-24(13-19(17)23)11-16-4-2-3-15(7-16)9-21;2*3-2(4,5)1(6)7/h2-4,7,14,17-19H,5-6,8,10-13H2,1H3,(H,22,25);2*(H,6,7)/t17-,18+,19+;;/m0../s1. The minimum Gasteiger partial charge on any atom is -0.475 e. The number of nitrogens with one attached hydrogen (secondary N) is 1. The SMILES string of the molecule is CN1[C@@H](C(=O)NCC2CC2)C[C@H]2CN(Cc3cccc(C#N)c3)C[C@H]21.O=C(O)C(F)(F)F.O=C(O)C(F)(F)F. The summed E-state index contributed by atoms with van der Waals surface area (Å²) in [5, 5.41) is 26.4. The topological polar surface area (TPSA) is 134 Å². The number of nitrogens with zero attached hydrogens (tertiary/aromatic N) is 3. The molecule has 39 heavy (non-hydrogen) atoms. The third-order valence-electron chi connectivity index (χ3n) is 6.53. The van der Waals surface area contributed by atoms with E-state index in [2.05, 4.69) is 34.3 Å². The maximum absolute atomic E-state index is 12.5. The van der Waals surface area contributed by atoms with Crippen LogP contribution in [0, 0.1) is 23.2 Å². The van der Waals surface area contributed by atoms with E-state index in [1.807, 2.05) is 18.2 Å². The van der Waals surface area contributed by atoms with E-state index in [4.69, 9.17) is 25.1 Å². The highest BCUT2D eigenvalue weighted by molar-refractivity contribution is 5.82. The average molecular weight is 566 g/mol. The van der Waals surface area contributed by atoms with Crippen molar-refractivity contribution in [3.63, 3.8) is 0 Å². The highest BCUT2D eigenvalue weighted by Crippen LogP contribution is 2.35. The Hall–Kier alpha value is -3.38. The Balaban J connectivity index is 0.000000317. The van der Waals surface area contributed by atoms with Gasteiger partial charge in [0.1, 0.15) is 0 Å². The first-order valence-corrected chi connectivity index (χ1v) is 11.8. The third kappa shape index (κ3) is 10.0. The van der Waals surface area contributed by atoms with Crippen LogP contribution in [-0.4, -0.2) is 89.0 Å². The Bertz CT molecular complexity index is 1050. The number of carbonyl (C=O) groups excluding carboxylic acids is 1. The summed E-state index contributed by atoms with van der Waals surface area (Å²) in [7, 11) is 2.10. The van der Waals surface area contributed by atoms with Crippen LogP contribution < -0.4 is 5.32 Å². The summed E-state index contributed by atoms with van der Waals surface area (Å²) in [5.74, 6) is -3.99. The zero-order chi connectivity index (χ0) is 29.5. The van der Waals surface area contributed by atoms with Crippen molar-refractivity contribution in [3.8, 4) is 6.07 Å². The van der Waals surface area contributed by atoms with E-state index in [0.29, 0.717) is 12.0 Å². The van der Waals surface area contributed by atoms with Gasteiger partial charge in [-0.3, -0.25) is 14.6 Å². The van der Waals surface area contributed by atoms with E-state index in [0.717, 1.165) is 44.1 Å². The zero-order valence-corrected chi connectivity index (χ0v) is 20.8. The minimum atomic E-state index is -5.08. The summed E-state index contributed by atoms with van der Waals surface area (Å²) >= 11 is 0. The highest BCUT2D eigenvalue weighted by atomic mass is 19.4. The Morgan fingerprint density at radius 2 is 1.62 bits per heavy atom. The molecule has 9 nitrogen and oxygen atoms in total. The number of carboxylic acids is 2. The van der Waals surface area contributed by atoms with Crippen molar-refractivity contribution < 1.29 is 50.9 Å². The number of hydrogen-bond donors (Lipinski definition) is 3. The maximum atomic E-state index is 12.5. The zero-order valence-electron chi connectivity index (χ0n) is 20.8. The minimum absolute atomic E-state index is 0.0396. The summed E-state index contributed by atoms with van der Waals surface area (Å²) < 4.78 is 63.5. The molecule has 3 atom stereocenters. The van der Waals surface area contributed by atoms with Crippen molar-refractivity contribution in [2.24, 2.45) is 11.8 Å². The van der Waals surface area contributed by atoms with Crippen LogP contribution >= 0.6 is 0 Å². The summed E-state index contributed by atoms with van der Waals surface area (Å²) in [6, 6.07) is 10.6. The molecule has 0 radical (unpaired) electrons. The first-order valence-electron chi connectivity index (χ1n) is 11.8. The number of hydrogen-bond acceptors (Lipinski definition) is 6. The number of benzene rings is 1. The summed E-state index contributed by atoms with van der Waals surface area (Å²) in [6.07, 6.45) is -6.66. The van der Waals surface area contributed by atoms with Crippen molar-refractivity contribution in [2.75, 3.05) is 26.7 Å². The Morgan fingerprint density at radius 1 is 1.05 bits per heavy atom. The monoisotopic (exact) mass is 566 g/mol. The molecule has 15 heteroatoms. The van der Waals surface area contributed by atoms with Crippen LogP contribution in [0.3, 0.4) is 0 Å². The normalized spacial score (nSPS) is 22.9.